The predicted molar refractivity (Wildman–Crippen MR) is 118 cm³/mol. The third-order valence-corrected chi connectivity index (χ3v) is 5.35. The summed E-state index contributed by atoms with van der Waals surface area (Å²) in [5.74, 6) is 0.927. The molecule has 2 heterocycles. The van der Waals surface area contributed by atoms with E-state index in [0.717, 1.165) is 22.6 Å². The number of nitrogens with zero attached hydrogens (tertiary/aromatic N) is 3. The summed E-state index contributed by atoms with van der Waals surface area (Å²) in [4.78, 5) is 18.0. The van der Waals surface area contributed by atoms with Crippen molar-refractivity contribution in [2.75, 3.05) is 12.4 Å². The molecule has 154 valence electrons. The molecule has 0 bridgehead atoms. The van der Waals surface area contributed by atoms with Gasteiger partial charge < -0.3 is 14.9 Å². The topological polar surface area (TPSA) is 77.7 Å². The van der Waals surface area contributed by atoms with Crippen molar-refractivity contribution >= 4 is 33.4 Å². The minimum Gasteiger partial charge on any atom is -0.497 e. The molecule has 0 spiro atoms. The maximum Gasteiger partial charge on any atom is 0.269 e. The molecule has 1 aromatic heterocycles. The van der Waals surface area contributed by atoms with Crippen LogP contribution < -0.4 is 10.1 Å². The van der Waals surface area contributed by atoms with Crippen LogP contribution in [0.25, 0.3) is 0 Å². The normalized spacial score (nSPS) is 15.4. The second-order valence-electron chi connectivity index (χ2n) is 7.07. The van der Waals surface area contributed by atoms with Gasteiger partial charge in [-0.25, -0.2) is 0 Å². The molecule has 0 aliphatic carbocycles. The van der Waals surface area contributed by atoms with Gasteiger partial charge in [0.15, 0.2) is 5.82 Å². The third kappa shape index (κ3) is 4.54. The van der Waals surface area contributed by atoms with E-state index in [2.05, 4.69) is 50.6 Å². The zero-order chi connectivity index (χ0) is 21.1. The Balaban J connectivity index is 1.38. The highest BCUT2D eigenvalue weighted by molar-refractivity contribution is 9.10. The molecule has 1 atom stereocenters. The number of hydrogen-bond acceptors (Lipinski definition) is 5. The molecule has 1 aliphatic heterocycles. The van der Waals surface area contributed by atoms with Crippen molar-refractivity contribution < 1.29 is 14.4 Å². The maximum atomic E-state index is 12.7. The zero-order valence-electron chi connectivity index (χ0n) is 16.6. The Morgan fingerprint density at radius 1 is 1.30 bits per heavy atom. The van der Waals surface area contributed by atoms with Crippen LogP contribution in [-0.2, 0) is 16.2 Å². The zero-order valence-corrected chi connectivity index (χ0v) is 18.2. The van der Waals surface area contributed by atoms with E-state index in [4.69, 9.17) is 9.57 Å². The summed E-state index contributed by atoms with van der Waals surface area (Å²) < 4.78 is 7.65. The number of rotatable bonds is 6. The number of methoxy groups -OCH3 is 1. The Bertz CT molecular complexity index is 1090. The van der Waals surface area contributed by atoms with Gasteiger partial charge in [-0.2, -0.15) is 5.10 Å². The summed E-state index contributed by atoms with van der Waals surface area (Å²) in [6.45, 7) is 2.67. The van der Waals surface area contributed by atoms with Crippen LogP contribution in [0.5, 0.6) is 5.75 Å². The molecule has 3 aromatic rings. The van der Waals surface area contributed by atoms with Gasteiger partial charge in [-0.15, -0.1) is 0 Å². The fourth-order valence-electron chi connectivity index (χ4n) is 3.23. The number of anilines is 1. The van der Waals surface area contributed by atoms with Crippen LogP contribution >= 0.6 is 15.9 Å². The summed E-state index contributed by atoms with van der Waals surface area (Å²) in [6.07, 6.45) is 1.53. The Hall–Kier alpha value is -3.13. The molecule has 2 aromatic carbocycles. The Morgan fingerprint density at radius 3 is 2.83 bits per heavy atom. The van der Waals surface area contributed by atoms with Crippen molar-refractivity contribution in [2.45, 2.75) is 26.0 Å². The first-order valence-electron chi connectivity index (χ1n) is 9.48. The number of aromatic nitrogens is 2. The van der Waals surface area contributed by atoms with Crippen LogP contribution in [0.1, 0.15) is 23.1 Å². The van der Waals surface area contributed by atoms with Crippen molar-refractivity contribution in [1.82, 2.24) is 9.78 Å². The van der Waals surface area contributed by atoms with Crippen molar-refractivity contribution in [3.05, 3.63) is 75.9 Å². The molecule has 30 heavy (non-hydrogen) atoms. The van der Waals surface area contributed by atoms with Gasteiger partial charge >= 0.3 is 0 Å². The van der Waals surface area contributed by atoms with Crippen molar-refractivity contribution in [2.24, 2.45) is 5.16 Å². The number of hydrogen-bond donors (Lipinski definition) is 1. The quantitative estimate of drug-likeness (QED) is 0.589. The van der Waals surface area contributed by atoms with Crippen LogP contribution in [0.15, 0.2) is 64.4 Å². The summed E-state index contributed by atoms with van der Waals surface area (Å²) in [5.41, 5.74) is 3.95. The highest BCUT2D eigenvalue weighted by Gasteiger charge is 2.30. The highest BCUT2D eigenvalue weighted by Crippen LogP contribution is 2.24. The number of benzene rings is 2. The van der Waals surface area contributed by atoms with E-state index in [1.165, 1.54) is 5.56 Å². The number of aryl methyl sites for hydroxylation is 1. The van der Waals surface area contributed by atoms with Crippen molar-refractivity contribution in [1.29, 1.82) is 0 Å². The Kier molecular flexibility index (Phi) is 5.85. The average molecular weight is 469 g/mol. The molecular formula is C22H21BrN4O3. The maximum absolute atomic E-state index is 12.7. The van der Waals surface area contributed by atoms with E-state index < -0.39 is 6.10 Å². The van der Waals surface area contributed by atoms with Crippen LogP contribution in [0.4, 0.5) is 5.82 Å². The van der Waals surface area contributed by atoms with Crippen molar-refractivity contribution in [3.63, 3.8) is 0 Å². The van der Waals surface area contributed by atoms with Crippen molar-refractivity contribution in [3.8, 4) is 5.75 Å². The van der Waals surface area contributed by atoms with Gasteiger partial charge in [-0.3, -0.25) is 9.48 Å². The van der Waals surface area contributed by atoms with E-state index in [-0.39, 0.29) is 5.91 Å². The molecule has 1 N–H and O–H groups in total. The van der Waals surface area contributed by atoms with Gasteiger partial charge in [-0.05, 0) is 58.2 Å². The number of ether oxygens (including phenoxy) is 1. The Labute approximate surface area is 182 Å². The smallest absolute Gasteiger partial charge is 0.269 e. The van der Waals surface area contributed by atoms with Gasteiger partial charge in [0.1, 0.15) is 5.75 Å². The van der Waals surface area contributed by atoms with Crippen LogP contribution in [0.2, 0.25) is 0 Å². The molecule has 1 unspecified atom stereocenters. The number of amides is 1. The lowest BCUT2D eigenvalue weighted by atomic mass is 10.0. The lowest BCUT2D eigenvalue weighted by Crippen LogP contribution is -2.28. The molecule has 8 heteroatoms. The summed E-state index contributed by atoms with van der Waals surface area (Å²) in [7, 11) is 1.62. The summed E-state index contributed by atoms with van der Waals surface area (Å²) in [6, 6.07) is 15.7. The van der Waals surface area contributed by atoms with E-state index in [9.17, 15) is 4.79 Å². The van der Waals surface area contributed by atoms with Crippen LogP contribution in [-0.4, -0.2) is 34.6 Å². The second-order valence-corrected chi connectivity index (χ2v) is 7.92. The lowest BCUT2D eigenvalue weighted by Gasteiger charge is -2.08. The molecule has 1 aliphatic rings. The molecular weight excluding hydrogens is 448 g/mol. The fraction of sp³-hybridized carbons (Fsp3) is 0.227. The summed E-state index contributed by atoms with van der Waals surface area (Å²) in [5, 5.41) is 11.4. The first-order chi connectivity index (χ1) is 14.5. The van der Waals surface area contributed by atoms with Gasteiger partial charge in [-0.1, -0.05) is 35.0 Å². The number of oxime groups is 1. The Morgan fingerprint density at radius 2 is 2.10 bits per heavy atom. The minimum atomic E-state index is -0.698. The average Bonchev–Trinajstić information content (AvgIpc) is 3.35. The number of nitrogens with one attached hydrogen (secondary N) is 1. The van der Waals surface area contributed by atoms with Crippen LogP contribution in [0, 0.1) is 6.92 Å². The first-order valence-corrected chi connectivity index (χ1v) is 10.3. The predicted octanol–water partition coefficient (Wildman–Crippen LogP) is 4.14. The molecule has 0 saturated heterocycles. The molecule has 4 rings (SSSR count). The highest BCUT2D eigenvalue weighted by atomic mass is 79.9. The fourth-order valence-corrected chi connectivity index (χ4v) is 3.64. The molecule has 0 radical (unpaired) electrons. The second kappa shape index (κ2) is 8.71. The number of halogens is 1. The molecule has 7 nitrogen and oxygen atoms in total. The monoisotopic (exact) mass is 468 g/mol. The summed E-state index contributed by atoms with van der Waals surface area (Å²) >= 11 is 3.46. The van der Waals surface area contributed by atoms with Gasteiger partial charge in [0.25, 0.3) is 5.91 Å². The number of carbonyl (C=O) groups is 1. The largest absolute Gasteiger partial charge is 0.497 e. The van der Waals surface area contributed by atoms with Gasteiger partial charge in [0.2, 0.25) is 6.10 Å². The molecule has 0 saturated carbocycles. The SMILES string of the molecule is COc1ccc(C2=NOC(C(=O)Nc3nn(Cc4cccc(C)c4)cc3Br)C2)cc1. The standard InChI is InChI=1S/C22H21BrN4O3/c1-14-4-3-5-15(10-14)12-27-13-18(23)21(25-27)24-22(28)20-11-19(26-30-20)16-6-8-17(29-2)9-7-16/h3-10,13,20H,11-12H2,1-2H3,(H,24,25,28). The van der Waals surface area contributed by atoms with Crippen LogP contribution in [0.3, 0.4) is 0 Å². The molecule has 0 fully saturated rings. The van der Waals surface area contributed by atoms with Gasteiger partial charge in [0, 0.05) is 12.6 Å². The van der Waals surface area contributed by atoms with E-state index in [1.807, 2.05) is 42.6 Å². The molecule has 1 amide bonds. The third-order valence-electron chi connectivity index (χ3n) is 4.77. The van der Waals surface area contributed by atoms with E-state index in [0.29, 0.717) is 23.3 Å². The van der Waals surface area contributed by atoms with Gasteiger partial charge in [0.05, 0.1) is 23.8 Å². The minimum absolute atomic E-state index is 0.288. The first kappa shape index (κ1) is 20.2. The van der Waals surface area contributed by atoms with E-state index in [1.54, 1.807) is 11.8 Å². The van der Waals surface area contributed by atoms with E-state index >= 15 is 0 Å². The lowest BCUT2D eigenvalue weighted by molar-refractivity contribution is -0.125. The number of carbonyl (C=O) groups excluding carboxylic acids is 1.